The summed E-state index contributed by atoms with van der Waals surface area (Å²) in [6.07, 6.45) is 5.96. The predicted molar refractivity (Wildman–Crippen MR) is 61.8 cm³/mol. The van der Waals surface area contributed by atoms with Gasteiger partial charge in [0, 0.05) is 5.38 Å². The number of hydrogen-bond donors (Lipinski definition) is 2. The molecule has 0 spiro atoms. The number of H-pyrrole nitrogens is 1. The summed E-state index contributed by atoms with van der Waals surface area (Å²) in [6.45, 7) is 0. The summed E-state index contributed by atoms with van der Waals surface area (Å²) in [5.41, 5.74) is 7.13. The quantitative estimate of drug-likeness (QED) is 0.829. The first-order valence-corrected chi connectivity index (χ1v) is 6.26. The van der Waals surface area contributed by atoms with Crippen LogP contribution in [0.15, 0.2) is 11.7 Å². The van der Waals surface area contributed by atoms with Gasteiger partial charge in [0.05, 0.1) is 11.2 Å². The fourth-order valence-electron chi connectivity index (χ4n) is 2.18. The zero-order valence-electron chi connectivity index (χ0n) is 8.81. The third-order valence-electron chi connectivity index (χ3n) is 3.13. The van der Waals surface area contributed by atoms with Crippen molar-refractivity contribution in [2.45, 2.75) is 31.2 Å². The SMILES string of the molecule is NC1(c2csc(-c3ncn[nH]3)n2)CCCC1. The molecule has 0 unspecified atom stereocenters. The highest BCUT2D eigenvalue weighted by Gasteiger charge is 2.33. The van der Waals surface area contributed by atoms with Gasteiger partial charge in [0.15, 0.2) is 10.8 Å². The zero-order valence-corrected chi connectivity index (χ0v) is 9.63. The molecule has 0 aromatic carbocycles. The summed E-state index contributed by atoms with van der Waals surface area (Å²) >= 11 is 1.57. The Kier molecular flexibility index (Phi) is 2.26. The lowest BCUT2D eigenvalue weighted by molar-refractivity contribution is 0.450. The molecule has 6 heteroatoms. The highest BCUT2D eigenvalue weighted by molar-refractivity contribution is 7.13. The molecule has 2 aromatic rings. The third-order valence-corrected chi connectivity index (χ3v) is 3.98. The normalized spacial score (nSPS) is 19.1. The fraction of sp³-hybridized carbons (Fsp3) is 0.500. The molecule has 0 saturated heterocycles. The Balaban J connectivity index is 1.93. The smallest absolute Gasteiger partial charge is 0.184 e. The first kappa shape index (κ1) is 9.92. The predicted octanol–water partition coefficient (Wildman–Crippen LogP) is 1.66. The van der Waals surface area contributed by atoms with Crippen molar-refractivity contribution in [1.29, 1.82) is 0 Å². The van der Waals surface area contributed by atoms with Gasteiger partial charge in [-0.2, -0.15) is 5.10 Å². The monoisotopic (exact) mass is 235 g/mol. The molecule has 16 heavy (non-hydrogen) atoms. The number of nitrogens with two attached hydrogens (primary N) is 1. The number of nitrogens with zero attached hydrogens (tertiary/aromatic N) is 3. The highest BCUT2D eigenvalue weighted by atomic mass is 32.1. The van der Waals surface area contributed by atoms with Crippen LogP contribution in [0, 0.1) is 0 Å². The van der Waals surface area contributed by atoms with Gasteiger partial charge in [0.25, 0.3) is 0 Å². The van der Waals surface area contributed by atoms with Gasteiger partial charge in [-0.3, -0.25) is 5.10 Å². The van der Waals surface area contributed by atoms with Crippen LogP contribution in [0.4, 0.5) is 0 Å². The Morgan fingerprint density at radius 1 is 1.38 bits per heavy atom. The van der Waals surface area contributed by atoms with Crippen LogP contribution in [-0.2, 0) is 5.54 Å². The van der Waals surface area contributed by atoms with Crippen LogP contribution >= 0.6 is 11.3 Å². The third kappa shape index (κ3) is 1.54. The van der Waals surface area contributed by atoms with Crippen LogP contribution in [0.3, 0.4) is 0 Å². The second kappa shape index (κ2) is 3.64. The number of nitrogens with one attached hydrogen (secondary N) is 1. The Morgan fingerprint density at radius 2 is 2.19 bits per heavy atom. The number of hydrogen-bond acceptors (Lipinski definition) is 5. The molecule has 1 fully saturated rings. The number of thiazole rings is 1. The van der Waals surface area contributed by atoms with E-state index in [1.54, 1.807) is 11.3 Å². The van der Waals surface area contributed by atoms with E-state index in [9.17, 15) is 0 Å². The standard InChI is InChI=1S/C10H13N5S/c11-10(3-1-2-4-10)7-5-16-9(14-7)8-12-6-13-15-8/h5-6H,1-4,11H2,(H,12,13,15). The Bertz CT molecular complexity index is 469. The van der Waals surface area contributed by atoms with E-state index in [2.05, 4.69) is 20.2 Å². The molecule has 5 nitrogen and oxygen atoms in total. The molecule has 1 saturated carbocycles. The Hall–Kier alpha value is -1.27. The average molecular weight is 235 g/mol. The molecule has 0 aliphatic heterocycles. The minimum atomic E-state index is -0.214. The van der Waals surface area contributed by atoms with Crippen LogP contribution in [0.25, 0.3) is 10.8 Å². The lowest BCUT2D eigenvalue weighted by atomic mass is 9.96. The first-order chi connectivity index (χ1) is 7.78. The molecule has 0 radical (unpaired) electrons. The molecule has 84 valence electrons. The van der Waals surface area contributed by atoms with E-state index in [0.717, 1.165) is 29.4 Å². The van der Waals surface area contributed by atoms with E-state index in [1.807, 2.05) is 5.38 Å². The highest BCUT2D eigenvalue weighted by Crippen LogP contribution is 2.37. The zero-order chi connectivity index (χ0) is 11.0. The van der Waals surface area contributed by atoms with Crippen LogP contribution < -0.4 is 5.73 Å². The number of rotatable bonds is 2. The van der Waals surface area contributed by atoms with E-state index in [1.165, 1.54) is 19.2 Å². The van der Waals surface area contributed by atoms with E-state index < -0.39 is 0 Å². The maximum Gasteiger partial charge on any atom is 0.184 e. The van der Waals surface area contributed by atoms with Gasteiger partial charge >= 0.3 is 0 Å². The van der Waals surface area contributed by atoms with Crippen molar-refractivity contribution in [2.24, 2.45) is 5.73 Å². The molecule has 0 atom stereocenters. The number of aromatic nitrogens is 4. The molecule has 2 aromatic heterocycles. The number of aromatic amines is 1. The topological polar surface area (TPSA) is 80.5 Å². The molecule has 2 heterocycles. The molecule has 3 N–H and O–H groups in total. The summed E-state index contributed by atoms with van der Waals surface area (Å²) in [5.74, 6) is 0.720. The van der Waals surface area contributed by atoms with Gasteiger partial charge in [-0.1, -0.05) is 12.8 Å². The molecule has 1 aliphatic rings. The minimum Gasteiger partial charge on any atom is -0.320 e. The molecule has 0 bridgehead atoms. The van der Waals surface area contributed by atoms with Gasteiger partial charge in [-0.05, 0) is 12.8 Å². The van der Waals surface area contributed by atoms with Gasteiger partial charge in [-0.25, -0.2) is 9.97 Å². The van der Waals surface area contributed by atoms with Crippen LogP contribution in [0.1, 0.15) is 31.4 Å². The molecule has 1 aliphatic carbocycles. The second-order valence-corrected chi connectivity index (χ2v) is 5.09. The Morgan fingerprint density at radius 3 is 2.88 bits per heavy atom. The average Bonchev–Trinajstić information content (AvgIpc) is 2.98. The van der Waals surface area contributed by atoms with Crippen molar-refractivity contribution in [2.75, 3.05) is 0 Å². The Labute approximate surface area is 97.1 Å². The summed E-state index contributed by atoms with van der Waals surface area (Å²) in [4.78, 5) is 8.66. The van der Waals surface area contributed by atoms with E-state index in [0.29, 0.717) is 0 Å². The lowest BCUT2D eigenvalue weighted by Gasteiger charge is -2.20. The van der Waals surface area contributed by atoms with Crippen LogP contribution in [0.5, 0.6) is 0 Å². The maximum absolute atomic E-state index is 6.35. The molecule has 0 amide bonds. The van der Waals surface area contributed by atoms with Crippen molar-refractivity contribution in [1.82, 2.24) is 20.2 Å². The van der Waals surface area contributed by atoms with Crippen molar-refractivity contribution < 1.29 is 0 Å². The summed E-state index contributed by atoms with van der Waals surface area (Å²) in [5, 5.41) is 9.55. The van der Waals surface area contributed by atoms with Crippen LogP contribution in [0.2, 0.25) is 0 Å². The second-order valence-electron chi connectivity index (χ2n) is 4.24. The van der Waals surface area contributed by atoms with Gasteiger partial charge in [0.2, 0.25) is 0 Å². The maximum atomic E-state index is 6.35. The first-order valence-electron chi connectivity index (χ1n) is 5.39. The molecular weight excluding hydrogens is 222 g/mol. The van der Waals surface area contributed by atoms with Crippen molar-refractivity contribution in [3.05, 3.63) is 17.4 Å². The van der Waals surface area contributed by atoms with Crippen LogP contribution in [-0.4, -0.2) is 20.2 Å². The summed E-state index contributed by atoms with van der Waals surface area (Å²) in [7, 11) is 0. The van der Waals surface area contributed by atoms with Crippen molar-refractivity contribution >= 4 is 11.3 Å². The fourth-order valence-corrected chi connectivity index (χ4v) is 3.05. The summed E-state index contributed by atoms with van der Waals surface area (Å²) < 4.78 is 0. The molecular formula is C10H13N5S. The van der Waals surface area contributed by atoms with E-state index >= 15 is 0 Å². The van der Waals surface area contributed by atoms with Gasteiger partial charge < -0.3 is 5.73 Å². The van der Waals surface area contributed by atoms with Crippen molar-refractivity contribution in [3.8, 4) is 10.8 Å². The summed E-state index contributed by atoms with van der Waals surface area (Å²) in [6, 6.07) is 0. The van der Waals surface area contributed by atoms with Gasteiger partial charge in [0.1, 0.15) is 6.33 Å². The van der Waals surface area contributed by atoms with Crippen molar-refractivity contribution in [3.63, 3.8) is 0 Å². The molecule has 3 rings (SSSR count). The largest absolute Gasteiger partial charge is 0.320 e. The van der Waals surface area contributed by atoms with E-state index in [4.69, 9.17) is 5.73 Å². The van der Waals surface area contributed by atoms with E-state index in [-0.39, 0.29) is 5.54 Å². The minimum absolute atomic E-state index is 0.214. The lowest BCUT2D eigenvalue weighted by Crippen LogP contribution is -2.33. The van der Waals surface area contributed by atoms with Gasteiger partial charge in [-0.15, -0.1) is 11.3 Å².